The minimum Gasteiger partial charge on any atom is -0.493 e. The van der Waals surface area contributed by atoms with Crippen LogP contribution in [0.15, 0.2) is 40.2 Å². The summed E-state index contributed by atoms with van der Waals surface area (Å²) in [6.45, 7) is 0.199. The second kappa shape index (κ2) is 7.10. The lowest BCUT2D eigenvalue weighted by molar-refractivity contribution is 0.454. The lowest BCUT2D eigenvalue weighted by Gasteiger charge is -2.06. The number of halogens is 1. The van der Waals surface area contributed by atoms with E-state index in [-0.39, 0.29) is 35.9 Å². The Morgan fingerprint density at radius 3 is 2.87 bits per heavy atom. The van der Waals surface area contributed by atoms with Gasteiger partial charge in [0.15, 0.2) is 5.65 Å². The molecule has 3 heterocycles. The van der Waals surface area contributed by atoms with Crippen LogP contribution in [0.25, 0.3) is 11.7 Å². The van der Waals surface area contributed by atoms with E-state index in [0.717, 1.165) is 12.8 Å². The highest BCUT2D eigenvalue weighted by Gasteiger charge is 2.21. The van der Waals surface area contributed by atoms with Crippen molar-refractivity contribution in [3.8, 4) is 5.88 Å². The summed E-state index contributed by atoms with van der Waals surface area (Å²) in [7, 11) is 0. The van der Waals surface area contributed by atoms with E-state index in [1.807, 2.05) is 0 Å². The molecule has 4 aromatic rings. The Labute approximate surface area is 167 Å². The van der Waals surface area contributed by atoms with Crippen molar-refractivity contribution in [1.29, 1.82) is 0 Å². The third-order valence-corrected chi connectivity index (χ3v) is 4.65. The molecule has 30 heavy (non-hydrogen) atoms. The third-order valence-electron chi connectivity index (χ3n) is 4.65. The van der Waals surface area contributed by atoms with Gasteiger partial charge in [0.05, 0.1) is 12.2 Å². The highest BCUT2D eigenvalue weighted by molar-refractivity contribution is 5.57. The fraction of sp³-hybridized carbons (Fsp3) is 0.211. The van der Waals surface area contributed by atoms with E-state index < -0.39 is 5.69 Å². The summed E-state index contributed by atoms with van der Waals surface area (Å²) in [6.07, 6.45) is 5.07. The number of nitrogens with one attached hydrogen (secondary N) is 3. The van der Waals surface area contributed by atoms with Gasteiger partial charge in [-0.3, -0.25) is 4.98 Å². The summed E-state index contributed by atoms with van der Waals surface area (Å²) in [5, 5.41) is 17.7. The second-order valence-corrected chi connectivity index (χ2v) is 6.97. The fourth-order valence-electron chi connectivity index (χ4n) is 2.98. The first kappa shape index (κ1) is 18.0. The first-order chi connectivity index (χ1) is 14.6. The van der Waals surface area contributed by atoms with Gasteiger partial charge in [0.25, 0.3) is 5.62 Å². The van der Waals surface area contributed by atoms with Gasteiger partial charge in [-0.15, -0.1) is 0 Å². The monoisotopic (exact) mass is 408 g/mol. The average molecular weight is 408 g/mol. The number of anilines is 1. The number of hydrogen-bond acceptors (Lipinski definition) is 7. The van der Waals surface area contributed by atoms with Crippen molar-refractivity contribution in [3.63, 3.8) is 0 Å². The zero-order valence-electron chi connectivity index (χ0n) is 15.6. The Bertz CT molecular complexity index is 1420. The largest absolute Gasteiger partial charge is 0.493 e. The molecule has 1 aliphatic rings. The molecule has 152 valence electrons. The number of benzene rings is 1. The van der Waals surface area contributed by atoms with Crippen LogP contribution in [0.4, 0.5) is 10.3 Å². The highest BCUT2D eigenvalue weighted by Crippen LogP contribution is 2.22. The van der Waals surface area contributed by atoms with Crippen molar-refractivity contribution in [2.24, 2.45) is 4.99 Å². The summed E-state index contributed by atoms with van der Waals surface area (Å²) >= 11 is 0. The van der Waals surface area contributed by atoms with Crippen molar-refractivity contribution in [3.05, 3.63) is 68.9 Å². The molecule has 0 unspecified atom stereocenters. The van der Waals surface area contributed by atoms with Crippen molar-refractivity contribution >= 4 is 17.7 Å². The van der Waals surface area contributed by atoms with Gasteiger partial charge in [-0.05, 0) is 25.0 Å². The molecular formula is C19H17FN8O2. The average Bonchev–Trinajstić information content (AvgIpc) is 3.36. The summed E-state index contributed by atoms with van der Waals surface area (Å²) in [5.74, 6) is -0.333. The van der Waals surface area contributed by atoms with E-state index in [2.05, 4.69) is 35.3 Å². The summed E-state index contributed by atoms with van der Waals surface area (Å²) in [6, 6.07) is 6.65. The van der Waals surface area contributed by atoms with Gasteiger partial charge in [0, 0.05) is 17.3 Å². The smallest absolute Gasteiger partial charge is 0.326 e. The number of aromatic nitrogens is 6. The second-order valence-electron chi connectivity index (χ2n) is 6.97. The molecule has 5 rings (SSSR count). The van der Waals surface area contributed by atoms with E-state index in [0.29, 0.717) is 22.0 Å². The number of aromatic amines is 2. The first-order valence-corrected chi connectivity index (χ1v) is 9.37. The molecule has 0 bridgehead atoms. The van der Waals surface area contributed by atoms with Gasteiger partial charge in [0.2, 0.25) is 11.8 Å². The maximum atomic E-state index is 13.9. The van der Waals surface area contributed by atoms with Crippen LogP contribution in [0.1, 0.15) is 24.1 Å². The Morgan fingerprint density at radius 2 is 2.13 bits per heavy atom. The van der Waals surface area contributed by atoms with Crippen LogP contribution < -0.4 is 21.8 Å². The Balaban J connectivity index is 1.60. The number of hydrogen-bond donors (Lipinski definition) is 4. The van der Waals surface area contributed by atoms with E-state index in [1.54, 1.807) is 30.5 Å². The maximum Gasteiger partial charge on any atom is 0.326 e. The molecule has 1 aliphatic carbocycles. The molecular weight excluding hydrogens is 391 g/mol. The van der Waals surface area contributed by atoms with Crippen molar-refractivity contribution in [2.75, 3.05) is 5.32 Å². The number of imidazole rings is 1. The third kappa shape index (κ3) is 3.52. The zero-order valence-corrected chi connectivity index (χ0v) is 15.6. The quantitative estimate of drug-likeness (QED) is 0.373. The van der Waals surface area contributed by atoms with Gasteiger partial charge in [-0.2, -0.15) is 19.6 Å². The number of aromatic hydroxyl groups is 1. The van der Waals surface area contributed by atoms with Gasteiger partial charge in [-0.1, -0.05) is 18.2 Å². The van der Waals surface area contributed by atoms with Gasteiger partial charge < -0.3 is 15.4 Å². The van der Waals surface area contributed by atoms with Crippen LogP contribution in [0.2, 0.25) is 0 Å². The SMILES string of the molecule is O=c1[nH]c(O)c(C=c2cnn3c(=NC4CC4)nc(NCc4ccccc4F)nc23)[nH]1. The van der Waals surface area contributed by atoms with Gasteiger partial charge >= 0.3 is 5.69 Å². The lowest BCUT2D eigenvalue weighted by atomic mass is 10.2. The van der Waals surface area contributed by atoms with Crippen LogP contribution >= 0.6 is 0 Å². The van der Waals surface area contributed by atoms with E-state index in [9.17, 15) is 14.3 Å². The molecule has 1 fully saturated rings. The molecule has 0 saturated heterocycles. The highest BCUT2D eigenvalue weighted by atomic mass is 19.1. The predicted octanol–water partition coefficient (Wildman–Crippen LogP) is 0.208. The maximum absolute atomic E-state index is 13.9. The lowest BCUT2D eigenvalue weighted by Crippen LogP contribution is -2.24. The summed E-state index contributed by atoms with van der Waals surface area (Å²) in [4.78, 5) is 29.6. The molecule has 0 aliphatic heterocycles. The summed E-state index contributed by atoms with van der Waals surface area (Å²) in [5.41, 5.74) is 0.972. The van der Waals surface area contributed by atoms with Crippen LogP contribution in [-0.2, 0) is 6.54 Å². The van der Waals surface area contributed by atoms with Gasteiger partial charge in [0.1, 0.15) is 11.5 Å². The normalized spacial score (nSPS) is 15.2. The van der Waals surface area contributed by atoms with Crippen LogP contribution in [-0.4, -0.2) is 40.7 Å². The Hall–Kier alpha value is -4.02. The van der Waals surface area contributed by atoms with Crippen molar-refractivity contribution in [2.45, 2.75) is 25.4 Å². The van der Waals surface area contributed by atoms with Crippen LogP contribution in [0.3, 0.4) is 0 Å². The van der Waals surface area contributed by atoms with Crippen molar-refractivity contribution < 1.29 is 9.50 Å². The molecule has 0 amide bonds. The Morgan fingerprint density at radius 1 is 1.30 bits per heavy atom. The number of rotatable bonds is 5. The molecule has 10 nitrogen and oxygen atoms in total. The number of H-pyrrole nitrogens is 2. The number of fused-ring (bicyclic) bond motifs is 1. The molecule has 11 heteroatoms. The molecule has 1 aromatic carbocycles. The first-order valence-electron chi connectivity index (χ1n) is 9.37. The minimum absolute atomic E-state index is 0.198. The van der Waals surface area contributed by atoms with Crippen LogP contribution in [0.5, 0.6) is 5.88 Å². The van der Waals surface area contributed by atoms with Gasteiger partial charge in [-0.25, -0.2) is 14.2 Å². The van der Waals surface area contributed by atoms with Crippen molar-refractivity contribution in [1.82, 2.24) is 29.5 Å². The topological polar surface area (TPSA) is 136 Å². The molecule has 0 radical (unpaired) electrons. The summed E-state index contributed by atoms with van der Waals surface area (Å²) < 4.78 is 15.4. The van der Waals surface area contributed by atoms with E-state index in [1.165, 1.54) is 10.6 Å². The molecule has 3 aromatic heterocycles. The zero-order chi connectivity index (χ0) is 20.7. The molecule has 0 atom stereocenters. The number of nitrogens with zero attached hydrogens (tertiary/aromatic N) is 5. The Kier molecular flexibility index (Phi) is 4.27. The fourth-order valence-corrected chi connectivity index (χ4v) is 2.98. The van der Waals surface area contributed by atoms with Crippen LogP contribution in [0, 0.1) is 5.82 Å². The standard InChI is InChI=1S/C19H17FN8O2/c20-13-4-2-1-3-10(13)8-21-17-25-15-11(7-14-16(29)26-19(30)24-14)9-22-28(15)18(27-17)23-12-5-6-12/h1-4,7,9,12,29H,5-6,8H2,(H,21,23,27)(H2,24,26,30). The van der Waals surface area contributed by atoms with E-state index >= 15 is 0 Å². The molecule has 4 N–H and O–H groups in total. The minimum atomic E-state index is -0.526. The van der Waals surface area contributed by atoms with E-state index in [4.69, 9.17) is 0 Å². The predicted molar refractivity (Wildman–Crippen MR) is 105 cm³/mol. The molecule has 0 spiro atoms. The molecule has 1 saturated carbocycles.